The molecule has 6 rings (SSSR count). The highest BCUT2D eigenvalue weighted by molar-refractivity contribution is 5.94. The number of aromatic nitrogens is 5. The third kappa shape index (κ3) is 3.26. The molecule has 1 atom stereocenters. The van der Waals surface area contributed by atoms with Gasteiger partial charge in [-0.05, 0) is 74.0 Å². The van der Waals surface area contributed by atoms with E-state index in [1.807, 2.05) is 12.1 Å². The van der Waals surface area contributed by atoms with Crippen molar-refractivity contribution in [2.75, 3.05) is 32.8 Å². The Hall–Kier alpha value is -3.44. The van der Waals surface area contributed by atoms with E-state index in [-0.39, 0.29) is 18.5 Å². The van der Waals surface area contributed by atoms with Crippen LogP contribution in [-0.4, -0.2) is 84.6 Å². The standard InChI is InChI=1S/C23H25N7O4/c1-14-18(13-34-21(14)32)29-11-8-23(22(29)33)6-9-28(10-7-23)12-19(31)16-2-4-17-15(24-16)3-5-20-25-26-27-30(17)20/h2-5,19,31H,6-13H2,1H3/t19-/m1/s1. The summed E-state index contributed by atoms with van der Waals surface area (Å²) in [5.41, 5.74) is 3.59. The maximum Gasteiger partial charge on any atom is 0.336 e. The number of esters is 1. The van der Waals surface area contributed by atoms with Crippen LogP contribution >= 0.6 is 0 Å². The molecule has 2 saturated heterocycles. The van der Waals surface area contributed by atoms with E-state index in [4.69, 9.17) is 4.74 Å². The zero-order chi connectivity index (χ0) is 23.4. The first-order chi connectivity index (χ1) is 16.4. The number of likely N-dealkylation sites (tertiary alicyclic amines) is 2. The van der Waals surface area contributed by atoms with E-state index < -0.39 is 11.5 Å². The molecule has 176 valence electrons. The van der Waals surface area contributed by atoms with E-state index in [9.17, 15) is 14.7 Å². The van der Waals surface area contributed by atoms with Crippen LogP contribution in [0.4, 0.5) is 0 Å². The smallest absolute Gasteiger partial charge is 0.336 e. The van der Waals surface area contributed by atoms with E-state index in [1.54, 1.807) is 28.5 Å². The summed E-state index contributed by atoms with van der Waals surface area (Å²) >= 11 is 0. The minimum absolute atomic E-state index is 0.102. The molecule has 1 spiro atoms. The number of pyridine rings is 2. The fourth-order valence-corrected chi connectivity index (χ4v) is 5.39. The third-order valence-corrected chi connectivity index (χ3v) is 7.54. The van der Waals surface area contributed by atoms with Gasteiger partial charge in [-0.15, -0.1) is 5.10 Å². The zero-order valence-electron chi connectivity index (χ0n) is 18.8. The molecule has 3 aliphatic heterocycles. The van der Waals surface area contributed by atoms with Crippen molar-refractivity contribution >= 4 is 28.6 Å². The molecule has 0 unspecified atom stereocenters. The maximum absolute atomic E-state index is 13.3. The number of amides is 1. The number of hydrogen-bond donors (Lipinski definition) is 1. The Balaban J connectivity index is 1.12. The van der Waals surface area contributed by atoms with Gasteiger partial charge in [-0.2, -0.15) is 4.52 Å². The second kappa shape index (κ2) is 7.81. The molecule has 2 fully saturated rings. The molecule has 0 aliphatic carbocycles. The van der Waals surface area contributed by atoms with Gasteiger partial charge >= 0.3 is 5.97 Å². The number of cyclic esters (lactones) is 1. The van der Waals surface area contributed by atoms with Gasteiger partial charge in [-0.1, -0.05) is 0 Å². The molecule has 11 heteroatoms. The molecule has 3 aromatic rings. The number of ether oxygens (including phenoxy) is 1. The van der Waals surface area contributed by atoms with Crippen LogP contribution in [0.2, 0.25) is 0 Å². The van der Waals surface area contributed by atoms with Gasteiger partial charge in [0.05, 0.1) is 33.4 Å². The Kier molecular flexibility index (Phi) is 4.85. The van der Waals surface area contributed by atoms with Crippen LogP contribution in [-0.2, 0) is 14.3 Å². The highest BCUT2D eigenvalue weighted by atomic mass is 16.5. The Morgan fingerprint density at radius 1 is 1.12 bits per heavy atom. The molecule has 3 aliphatic rings. The largest absolute Gasteiger partial charge is 0.456 e. The van der Waals surface area contributed by atoms with Crippen LogP contribution in [0.25, 0.3) is 16.7 Å². The predicted molar refractivity (Wildman–Crippen MR) is 119 cm³/mol. The summed E-state index contributed by atoms with van der Waals surface area (Å²) in [5, 5.41) is 22.5. The van der Waals surface area contributed by atoms with Gasteiger partial charge in [-0.25, -0.2) is 9.78 Å². The molecule has 0 radical (unpaired) electrons. The Morgan fingerprint density at radius 3 is 2.68 bits per heavy atom. The van der Waals surface area contributed by atoms with Crippen molar-refractivity contribution in [1.29, 1.82) is 0 Å². The van der Waals surface area contributed by atoms with Crippen molar-refractivity contribution in [3.63, 3.8) is 0 Å². The van der Waals surface area contributed by atoms with E-state index in [0.29, 0.717) is 41.2 Å². The Labute approximate surface area is 195 Å². The second-order valence-corrected chi connectivity index (χ2v) is 9.37. The molecule has 1 N–H and O–H groups in total. The SMILES string of the molecule is CC1=C(N2CCC3(CCN(C[C@@H](O)c4ccc5c(ccc6nnnn65)n4)CC3)C2=O)COC1=O. The van der Waals surface area contributed by atoms with Crippen molar-refractivity contribution < 1.29 is 19.4 Å². The number of hydrogen-bond acceptors (Lipinski definition) is 9. The van der Waals surface area contributed by atoms with Crippen molar-refractivity contribution in [3.05, 3.63) is 41.2 Å². The molecule has 6 heterocycles. The van der Waals surface area contributed by atoms with E-state index in [1.165, 1.54) is 0 Å². The summed E-state index contributed by atoms with van der Waals surface area (Å²) in [7, 11) is 0. The first kappa shape index (κ1) is 21.1. The fraction of sp³-hybridized carbons (Fsp3) is 0.478. The summed E-state index contributed by atoms with van der Waals surface area (Å²) in [4.78, 5) is 33.6. The number of rotatable bonds is 4. The van der Waals surface area contributed by atoms with Gasteiger partial charge in [0.2, 0.25) is 5.91 Å². The number of piperidine rings is 1. The van der Waals surface area contributed by atoms with Crippen LogP contribution in [0.15, 0.2) is 35.5 Å². The van der Waals surface area contributed by atoms with Gasteiger partial charge < -0.3 is 19.6 Å². The lowest BCUT2D eigenvalue weighted by Gasteiger charge is -2.38. The predicted octanol–water partition coefficient (Wildman–Crippen LogP) is 0.851. The molecule has 0 saturated carbocycles. The third-order valence-electron chi connectivity index (χ3n) is 7.54. The van der Waals surface area contributed by atoms with Crippen molar-refractivity contribution in [2.45, 2.75) is 32.3 Å². The first-order valence-electron chi connectivity index (χ1n) is 11.5. The molecule has 0 bridgehead atoms. The summed E-state index contributed by atoms with van der Waals surface area (Å²) in [6.07, 6.45) is 1.51. The van der Waals surface area contributed by atoms with Crippen molar-refractivity contribution in [1.82, 2.24) is 34.8 Å². The minimum Gasteiger partial charge on any atom is -0.456 e. The molecular formula is C23H25N7O4. The van der Waals surface area contributed by atoms with E-state index in [0.717, 1.165) is 37.9 Å². The lowest BCUT2D eigenvalue weighted by molar-refractivity contribution is -0.138. The molecular weight excluding hydrogens is 438 g/mol. The molecule has 0 aromatic carbocycles. The van der Waals surface area contributed by atoms with Gasteiger partial charge in [0.15, 0.2) is 5.65 Å². The average Bonchev–Trinajstić information content (AvgIpc) is 3.54. The number of nitrogens with zero attached hydrogens (tertiary/aromatic N) is 7. The Bertz CT molecular complexity index is 1340. The maximum atomic E-state index is 13.3. The number of tetrazole rings is 1. The quantitative estimate of drug-likeness (QED) is 0.560. The monoisotopic (exact) mass is 463 g/mol. The summed E-state index contributed by atoms with van der Waals surface area (Å²) in [6, 6.07) is 7.32. The second-order valence-electron chi connectivity index (χ2n) is 9.37. The number of carbonyl (C=O) groups excluding carboxylic acids is 2. The van der Waals surface area contributed by atoms with Crippen LogP contribution in [0.5, 0.6) is 0 Å². The van der Waals surface area contributed by atoms with E-state index >= 15 is 0 Å². The van der Waals surface area contributed by atoms with Crippen LogP contribution in [0, 0.1) is 5.41 Å². The molecule has 1 amide bonds. The normalized spacial score (nSPS) is 21.9. The van der Waals surface area contributed by atoms with Gasteiger partial charge in [0.1, 0.15) is 12.7 Å². The lowest BCUT2D eigenvalue weighted by atomic mass is 9.77. The van der Waals surface area contributed by atoms with Crippen molar-refractivity contribution in [3.8, 4) is 0 Å². The van der Waals surface area contributed by atoms with Crippen molar-refractivity contribution in [2.24, 2.45) is 5.41 Å². The number of aliphatic hydroxyl groups is 1. The van der Waals surface area contributed by atoms with E-state index in [2.05, 4.69) is 25.4 Å². The fourth-order valence-electron chi connectivity index (χ4n) is 5.39. The first-order valence-corrected chi connectivity index (χ1v) is 11.5. The number of fused-ring (bicyclic) bond motifs is 3. The highest BCUT2D eigenvalue weighted by Crippen LogP contribution is 2.43. The Morgan fingerprint density at radius 2 is 1.91 bits per heavy atom. The summed E-state index contributed by atoms with van der Waals surface area (Å²) < 4.78 is 6.72. The summed E-state index contributed by atoms with van der Waals surface area (Å²) in [6.45, 7) is 4.43. The molecule has 11 nitrogen and oxygen atoms in total. The van der Waals surface area contributed by atoms with Crippen LogP contribution in [0.1, 0.15) is 38.0 Å². The number of β-amino-alcohol motifs (C(OH)–C–C–N with tert-alkyl or cyclic N) is 1. The van der Waals surface area contributed by atoms with Crippen LogP contribution in [0.3, 0.4) is 0 Å². The minimum atomic E-state index is -0.742. The van der Waals surface area contributed by atoms with Gasteiger partial charge in [-0.3, -0.25) is 4.79 Å². The molecule has 3 aromatic heterocycles. The topological polar surface area (TPSA) is 126 Å². The number of carbonyl (C=O) groups is 2. The summed E-state index contributed by atoms with van der Waals surface area (Å²) in [5.74, 6) is -0.234. The number of aliphatic hydroxyl groups excluding tert-OH is 1. The van der Waals surface area contributed by atoms with Gasteiger partial charge in [0.25, 0.3) is 0 Å². The van der Waals surface area contributed by atoms with Crippen LogP contribution < -0.4 is 0 Å². The molecule has 34 heavy (non-hydrogen) atoms. The average molecular weight is 463 g/mol. The highest BCUT2D eigenvalue weighted by Gasteiger charge is 2.50. The zero-order valence-corrected chi connectivity index (χ0v) is 18.8. The van der Waals surface area contributed by atoms with Gasteiger partial charge in [0, 0.05) is 13.1 Å². The lowest BCUT2D eigenvalue weighted by Crippen LogP contribution is -2.45.